The molecular formula is C23H28N2O4. The number of aldehydes is 1. The quantitative estimate of drug-likeness (QED) is 0.672. The van der Waals surface area contributed by atoms with Gasteiger partial charge in [0.2, 0.25) is 5.91 Å². The molecule has 2 rings (SSSR count). The van der Waals surface area contributed by atoms with E-state index in [2.05, 4.69) is 10.6 Å². The number of amides is 2. The van der Waals surface area contributed by atoms with Crippen molar-refractivity contribution in [1.82, 2.24) is 10.6 Å². The highest BCUT2D eigenvalue weighted by molar-refractivity contribution is 5.88. The Bertz CT molecular complexity index is 801. The summed E-state index contributed by atoms with van der Waals surface area (Å²) < 4.78 is 5.28. The molecule has 0 aliphatic heterocycles. The van der Waals surface area contributed by atoms with E-state index in [0.29, 0.717) is 12.7 Å². The fourth-order valence-electron chi connectivity index (χ4n) is 2.79. The Kier molecular flexibility index (Phi) is 7.95. The molecule has 1 unspecified atom stereocenters. The monoisotopic (exact) mass is 396 g/mol. The van der Waals surface area contributed by atoms with E-state index in [4.69, 9.17) is 4.74 Å². The zero-order valence-electron chi connectivity index (χ0n) is 17.1. The molecule has 2 aromatic carbocycles. The normalized spacial score (nSPS) is 13.1. The zero-order valence-corrected chi connectivity index (χ0v) is 17.1. The van der Waals surface area contributed by atoms with E-state index in [-0.39, 0.29) is 6.42 Å². The maximum Gasteiger partial charge on any atom is 0.408 e. The minimum atomic E-state index is -0.870. The Balaban J connectivity index is 2.09. The van der Waals surface area contributed by atoms with Crippen molar-refractivity contribution in [2.24, 2.45) is 0 Å². The fraction of sp³-hybridized carbons (Fsp3) is 0.348. The van der Waals surface area contributed by atoms with Crippen LogP contribution in [0.25, 0.3) is 0 Å². The number of hydrogen-bond donors (Lipinski definition) is 2. The maximum absolute atomic E-state index is 12.9. The molecule has 0 saturated carbocycles. The second-order valence-corrected chi connectivity index (χ2v) is 7.83. The number of hydrogen-bond acceptors (Lipinski definition) is 4. The van der Waals surface area contributed by atoms with Crippen molar-refractivity contribution in [1.29, 1.82) is 0 Å². The molecule has 29 heavy (non-hydrogen) atoms. The zero-order chi connectivity index (χ0) is 21.3. The first-order valence-corrected chi connectivity index (χ1v) is 9.60. The third-order valence-corrected chi connectivity index (χ3v) is 4.08. The van der Waals surface area contributed by atoms with Gasteiger partial charge in [0.25, 0.3) is 0 Å². The SMILES string of the molecule is CC(C)(C)OC(=O)NC(Cc1ccccc1)C(=O)N[C@@H](C=O)Cc1ccccc1. The van der Waals surface area contributed by atoms with E-state index in [1.165, 1.54) is 0 Å². The summed E-state index contributed by atoms with van der Waals surface area (Å²) in [5.41, 5.74) is 1.13. The van der Waals surface area contributed by atoms with Crippen LogP contribution < -0.4 is 10.6 Å². The van der Waals surface area contributed by atoms with Crippen LogP contribution in [-0.2, 0) is 27.2 Å². The highest BCUT2D eigenvalue weighted by Crippen LogP contribution is 2.09. The number of carbonyl (C=O) groups is 3. The minimum absolute atomic E-state index is 0.281. The molecule has 0 aromatic heterocycles. The summed E-state index contributed by atoms with van der Waals surface area (Å²) in [6.07, 6.45) is 0.681. The van der Waals surface area contributed by atoms with Crippen LogP contribution in [0.5, 0.6) is 0 Å². The van der Waals surface area contributed by atoms with Gasteiger partial charge in [-0.3, -0.25) is 4.79 Å². The predicted molar refractivity (Wildman–Crippen MR) is 111 cm³/mol. The summed E-state index contributed by atoms with van der Waals surface area (Å²) in [5, 5.41) is 5.35. The molecule has 0 saturated heterocycles. The van der Waals surface area contributed by atoms with Gasteiger partial charge in [0.1, 0.15) is 17.9 Å². The topological polar surface area (TPSA) is 84.5 Å². The van der Waals surface area contributed by atoms with Crippen LogP contribution in [0.3, 0.4) is 0 Å². The molecule has 2 amide bonds. The lowest BCUT2D eigenvalue weighted by molar-refractivity contribution is -0.125. The molecule has 0 radical (unpaired) electrons. The van der Waals surface area contributed by atoms with Crippen LogP contribution in [0, 0.1) is 0 Å². The van der Waals surface area contributed by atoms with Crippen LogP contribution >= 0.6 is 0 Å². The number of ether oxygens (including phenoxy) is 1. The van der Waals surface area contributed by atoms with Crippen molar-refractivity contribution in [3.05, 3.63) is 71.8 Å². The average molecular weight is 396 g/mol. The van der Waals surface area contributed by atoms with Crippen molar-refractivity contribution in [2.45, 2.75) is 51.3 Å². The van der Waals surface area contributed by atoms with Gasteiger partial charge >= 0.3 is 6.09 Å². The summed E-state index contributed by atoms with van der Waals surface area (Å²) in [7, 11) is 0. The molecule has 0 fully saturated rings. The second-order valence-electron chi connectivity index (χ2n) is 7.83. The van der Waals surface area contributed by atoms with Gasteiger partial charge in [-0.1, -0.05) is 60.7 Å². The number of nitrogens with one attached hydrogen (secondary N) is 2. The molecule has 0 bridgehead atoms. The Morgan fingerprint density at radius 1 is 0.897 bits per heavy atom. The maximum atomic E-state index is 12.9. The molecule has 0 aliphatic rings. The summed E-state index contributed by atoms with van der Waals surface area (Å²) >= 11 is 0. The van der Waals surface area contributed by atoms with E-state index in [9.17, 15) is 14.4 Å². The van der Waals surface area contributed by atoms with Gasteiger partial charge in [-0.05, 0) is 38.3 Å². The van der Waals surface area contributed by atoms with E-state index >= 15 is 0 Å². The van der Waals surface area contributed by atoms with Crippen molar-refractivity contribution in [3.8, 4) is 0 Å². The highest BCUT2D eigenvalue weighted by Gasteiger charge is 2.26. The van der Waals surface area contributed by atoms with Gasteiger partial charge in [0, 0.05) is 6.42 Å². The van der Waals surface area contributed by atoms with Gasteiger partial charge in [-0.15, -0.1) is 0 Å². The summed E-state index contributed by atoms with van der Waals surface area (Å²) in [5.74, 6) is -0.437. The molecule has 2 N–H and O–H groups in total. The largest absolute Gasteiger partial charge is 0.444 e. The molecule has 154 valence electrons. The van der Waals surface area contributed by atoms with Gasteiger partial charge in [-0.25, -0.2) is 4.79 Å². The first-order chi connectivity index (χ1) is 13.8. The smallest absolute Gasteiger partial charge is 0.408 e. The van der Waals surface area contributed by atoms with Crippen LogP contribution in [0.4, 0.5) is 4.79 Å². The first-order valence-electron chi connectivity index (χ1n) is 9.60. The molecular weight excluding hydrogens is 368 g/mol. The fourth-order valence-corrected chi connectivity index (χ4v) is 2.79. The Hall–Kier alpha value is -3.15. The van der Waals surface area contributed by atoms with Gasteiger partial charge in [0.15, 0.2) is 0 Å². The Labute approximate surface area is 171 Å². The highest BCUT2D eigenvalue weighted by atomic mass is 16.6. The lowest BCUT2D eigenvalue weighted by Gasteiger charge is -2.24. The van der Waals surface area contributed by atoms with Crippen LogP contribution in [-0.4, -0.2) is 36.0 Å². The van der Waals surface area contributed by atoms with E-state index < -0.39 is 29.7 Å². The number of alkyl carbamates (subject to hydrolysis) is 1. The van der Waals surface area contributed by atoms with Crippen LogP contribution in [0.2, 0.25) is 0 Å². The third-order valence-electron chi connectivity index (χ3n) is 4.08. The number of carbonyl (C=O) groups excluding carboxylic acids is 3. The van der Waals surface area contributed by atoms with E-state index in [0.717, 1.165) is 11.1 Å². The first kappa shape index (κ1) is 22.1. The van der Waals surface area contributed by atoms with Crippen molar-refractivity contribution in [2.75, 3.05) is 0 Å². The Morgan fingerprint density at radius 2 is 1.41 bits per heavy atom. The number of rotatable bonds is 8. The second kappa shape index (κ2) is 10.4. The molecule has 2 aromatic rings. The van der Waals surface area contributed by atoms with Gasteiger partial charge in [-0.2, -0.15) is 0 Å². The van der Waals surface area contributed by atoms with Crippen LogP contribution in [0.15, 0.2) is 60.7 Å². The molecule has 6 nitrogen and oxygen atoms in total. The Morgan fingerprint density at radius 3 is 1.90 bits per heavy atom. The molecule has 6 heteroatoms. The molecule has 0 spiro atoms. The summed E-state index contributed by atoms with van der Waals surface area (Å²) in [6, 6.07) is 17.2. The van der Waals surface area contributed by atoms with Crippen molar-refractivity contribution in [3.63, 3.8) is 0 Å². The third kappa shape index (κ3) is 8.17. The molecule has 2 atom stereocenters. The van der Waals surface area contributed by atoms with E-state index in [1.54, 1.807) is 20.8 Å². The van der Waals surface area contributed by atoms with Gasteiger partial charge < -0.3 is 20.2 Å². The lowest BCUT2D eigenvalue weighted by atomic mass is 10.0. The minimum Gasteiger partial charge on any atom is -0.444 e. The van der Waals surface area contributed by atoms with Gasteiger partial charge in [0.05, 0.1) is 6.04 Å². The van der Waals surface area contributed by atoms with E-state index in [1.807, 2.05) is 60.7 Å². The average Bonchev–Trinajstić information content (AvgIpc) is 2.67. The number of benzene rings is 2. The molecule has 0 aliphatic carbocycles. The summed E-state index contributed by atoms with van der Waals surface area (Å²) in [6.45, 7) is 5.25. The van der Waals surface area contributed by atoms with Crippen molar-refractivity contribution < 1.29 is 19.1 Å². The van der Waals surface area contributed by atoms with Crippen molar-refractivity contribution >= 4 is 18.3 Å². The molecule has 0 heterocycles. The standard InChI is InChI=1S/C23H28N2O4/c1-23(2,3)29-22(28)25-20(15-18-12-8-5-9-13-18)21(27)24-19(16-26)14-17-10-6-4-7-11-17/h4-13,16,19-20H,14-15H2,1-3H3,(H,24,27)(H,25,28)/t19-,20?/m1/s1. The van der Waals surface area contributed by atoms with Crippen LogP contribution in [0.1, 0.15) is 31.9 Å². The predicted octanol–water partition coefficient (Wildman–Crippen LogP) is 3.05. The lowest BCUT2D eigenvalue weighted by Crippen LogP contribution is -2.52. The summed E-state index contributed by atoms with van der Waals surface area (Å²) in [4.78, 5) is 36.6.